The maximum absolute atomic E-state index is 13.3. The number of hydrogen-bond donors (Lipinski definition) is 3. The maximum Gasteiger partial charge on any atom is 0.323 e. The molecule has 3 amide bonds. The van der Waals surface area contributed by atoms with Gasteiger partial charge in [-0.25, -0.2) is 4.79 Å². The Hall–Kier alpha value is -3.84. The summed E-state index contributed by atoms with van der Waals surface area (Å²) in [5, 5.41) is 8.86. The van der Waals surface area contributed by atoms with E-state index in [1.807, 2.05) is 51.1 Å². The molecule has 1 aliphatic heterocycles. The lowest BCUT2D eigenvalue weighted by Crippen LogP contribution is -2.36. The molecule has 0 unspecified atom stereocenters. The molecule has 0 aliphatic carbocycles. The van der Waals surface area contributed by atoms with Gasteiger partial charge in [-0.15, -0.1) is 0 Å². The van der Waals surface area contributed by atoms with E-state index in [4.69, 9.17) is 4.74 Å². The molecule has 1 aliphatic rings. The molecule has 1 fully saturated rings. The highest BCUT2D eigenvalue weighted by Gasteiger charge is 2.24. The van der Waals surface area contributed by atoms with Gasteiger partial charge < -0.3 is 25.6 Å². The number of nitrogens with zero attached hydrogens (tertiary/aromatic N) is 1. The Labute approximate surface area is 238 Å². The molecule has 1 saturated heterocycles. The number of hydrogen-bond acceptors (Lipinski definition) is 4. The van der Waals surface area contributed by atoms with Gasteiger partial charge in [-0.05, 0) is 87.8 Å². The molecule has 40 heavy (non-hydrogen) atoms. The number of piperidine rings is 1. The molecule has 3 N–H and O–H groups in total. The SMILES string of the molecule is CCOCCCNC(=O)c1cc(NC(=O)Nc2ccc(C)cc2C)ccc1N1CCC(Cc2ccccc2)CC1. The van der Waals surface area contributed by atoms with E-state index in [0.717, 1.165) is 61.3 Å². The van der Waals surface area contributed by atoms with E-state index in [0.29, 0.717) is 36.9 Å². The van der Waals surface area contributed by atoms with E-state index in [2.05, 4.69) is 51.2 Å². The largest absolute Gasteiger partial charge is 0.382 e. The number of carbonyl (C=O) groups is 2. The summed E-state index contributed by atoms with van der Waals surface area (Å²) in [6, 6.07) is 21.8. The standard InChI is InChI=1S/C33H42N4O3/c1-4-40-20-8-17-34-32(38)29-23-28(35-33(39)36-30-13-11-24(2)21-25(30)3)12-14-31(29)37-18-15-27(16-19-37)22-26-9-6-5-7-10-26/h5-7,9-14,21,23,27H,4,8,15-20,22H2,1-3H3,(H,34,38)(H2,35,36,39). The van der Waals surface area contributed by atoms with Crippen LogP contribution in [0.3, 0.4) is 0 Å². The van der Waals surface area contributed by atoms with Gasteiger partial charge in [0.15, 0.2) is 0 Å². The molecule has 0 spiro atoms. The average Bonchev–Trinajstić information content (AvgIpc) is 2.95. The Morgan fingerprint density at radius 2 is 1.73 bits per heavy atom. The first kappa shape index (κ1) is 29.2. The van der Waals surface area contributed by atoms with Crippen LogP contribution in [0.1, 0.15) is 53.2 Å². The number of rotatable bonds is 11. The quantitative estimate of drug-likeness (QED) is 0.240. The van der Waals surface area contributed by atoms with Crippen LogP contribution in [0.2, 0.25) is 0 Å². The molecule has 7 heteroatoms. The molecular weight excluding hydrogens is 500 g/mol. The molecule has 0 saturated carbocycles. The molecule has 0 aromatic heterocycles. The van der Waals surface area contributed by atoms with Gasteiger partial charge in [0.2, 0.25) is 0 Å². The Kier molecular flexibility index (Phi) is 10.6. The zero-order valence-corrected chi connectivity index (χ0v) is 24.0. The highest BCUT2D eigenvalue weighted by molar-refractivity contribution is 6.04. The van der Waals surface area contributed by atoms with Crippen LogP contribution >= 0.6 is 0 Å². The van der Waals surface area contributed by atoms with Gasteiger partial charge in [-0.1, -0.05) is 48.0 Å². The van der Waals surface area contributed by atoms with Crippen molar-refractivity contribution >= 4 is 29.0 Å². The first-order chi connectivity index (χ1) is 19.4. The first-order valence-corrected chi connectivity index (χ1v) is 14.4. The van der Waals surface area contributed by atoms with E-state index < -0.39 is 0 Å². The number of anilines is 3. The van der Waals surface area contributed by atoms with Crippen molar-refractivity contribution in [3.8, 4) is 0 Å². The fourth-order valence-electron chi connectivity index (χ4n) is 5.25. The van der Waals surface area contributed by atoms with Crippen LogP contribution in [0.25, 0.3) is 0 Å². The molecule has 212 valence electrons. The minimum Gasteiger partial charge on any atom is -0.382 e. The van der Waals surface area contributed by atoms with Crippen molar-refractivity contribution in [1.29, 1.82) is 0 Å². The van der Waals surface area contributed by atoms with Gasteiger partial charge in [0.1, 0.15) is 0 Å². The molecule has 0 atom stereocenters. The second-order valence-corrected chi connectivity index (χ2v) is 10.6. The average molecular weight is 543 g/mol. The van der Waals surface area contributed by atoms with E-state index in [-0.39, 0.29) is 11.9 Å². The number of amides is 3. The topological polar surface area (TPSA) is 82.7 Å². The van der Waals surface area contributed by atoms with E-state index >= 15 is 0 Å². The smallest absolute Gasteiger partial charge is 0.323 e. The Morgan fingerprint density at radius 1 is 0.950 bits per heavy atom. The van der Waals surface area contributed by atoms with Crippen LogP contribution in [-0.4, -0.2) is 44.8 Å². The van der Waals surface area contributed by atoms with Gasteiger partial charge in [0, 0.05) is 49.9 Å². The second-order valence-electron chi connectivity index (χ2n) is 10.6. The second kappa shape index (κ2) is 14.5. The van der Waals surface area contributed by atoms with Gasteiger partial charge in [-0.3, -0.25) is 4.79 Å². The predicted octanol–water partition coefficient (Wildman–Crippen LogP) is 6.56. The third-order valence-corrected chi connectivity index (χ3v) is 7.41. The number of urea groups is 1. The number of aryl methyl sites for hydroxylation is 2. The lowest BCUT2D eigenvalue weighted by atomic mass is 9.89. The number of carbonyl (C=O) groups excluding carboxylic acids is 2. The number of ether oxygens (including phenoxy) is 1. The minimum atomic E-state index is -0.343. The predicted molar refractivity (Wildman–Crippen MR) is 164 cm³/mol. The first-order valence-electron chi connectivity index (χ1n) is 14.4. The zero-order chi connectivity index (χ0) is 28.3. The van der Waals surface area contributed by atoms with Crippen LogP contribution in [0.5, 0.6) is 0 Å². The fraction of sp³-hybridized carbons (Fsp3) is 0.394. The summed E-state index contributed by atoms with van der Waals surface area (Å²) >= 11 is 0. The van der Waals surface area contributed by atoms with Gasteiger partial charge >= 0.3 is 6.03 Å². The molecule has 3 aromatic rings. The fourth-order valence-corrected chi connectivity index (χ4v) is 5.25. The van der Waals surface area contributed by atoms with Crippen molar-refractivity contribution < 1.29 is 14.3 Å². The normalized spacial score (nSPS) is 13.6. The summed E-state index contributed by atoms with van der Waals surface area (Å²) in [7, 11) is 0. The Morgan fingerprint density at radius 3 is 2.45 bits per heavy atom. The van der Waals surface area contributed by atoms with Crippen LogP contribution in [0.4, 0.5) is 21.9 Å². The van der Waals surface area contributed by atoms with Crippen LogP contribution in [0, 0.1) is 19.8 Å². The highest BCUT2D eigenvalue weighted by Crippen LogP contribution is 2.30. The molecule has 0 bridgehead atoms. The van der Waals surface area contributed by atoms with Crippen molar-refractivity contribution in [1.82, 2.24) is 5.32 Å². The third kappa shape index (κ3) is 8.33. The van der Waals surface area contributed by atoms with Gasteiger partial charge in [-0.2, -0.15) is 0 Å². The summed E-state index contributed by atoms with van der Waals surface area (Å²) in [4.78, 5) is 28.4. The molecule has 3 aromatic carbocycles. The Bertz CT molecular complexity index is 1270. The lowest BCUT2D eigenvalue weighted by Gasteiger charge is -2.35. The molecule has 1 heterocycles. The van der Waals surface area contributed by atoms with E-state index in [9.17, 15) is 9.59 Å². The zero-order valence-electron chi connectivity index (χ0n) is 24.0. The lowest BCUT2D eigenvalue weighted by molar-refractivity contribution is 0.0944. The summed E-state index contributed by atoms with van der Waals surface area (Å²) in [5.41, 5.74) is 6.31. The van der Waals surface area contributed by atoms with Crippen molar-refractivity contribution in [3.63, 3.8) is 0 Å². The molecule has 0 radical (unpaired) electrons. The van der Waals surface area contributed by atoms with E-state index in [1.54, 1.807) is 6.07 Å². The van der Waals surface area contributed by atoms with Crippen molar-refractivity contribution in [2.24, 2.45) is 5.92 Å². The molecular formula is C33H42N4O3. The van der Waals surface area contributed by atoms with Crippen LogP contribution < -0.4 is 20.9 Å². The molecule has 4 rings (SSSR count). The van der Waals surface area contributed by atoms with Gasteiger partial charge in [0.25, 0.3) is 5.91 Å². The van der Waals surface area contributed by atoms with Crippen molar-refractivity contribution in [3.05, 3.63) is 89.0 Å². The monoisotopic (exact) mass is 542 g/mol. The maximum atomic E-state index is 13.3. The molecule has 7 nitrogen and oxygen atoms in total. The van der Waals surface area contributed by atoms with Crippen LogP contribution in [0.15, 0.2) is 66.7 Å². The third-order valence-electron chi connectivity index (χ3n) is 7.41. The summed E-state index contributed by atoms with van der Waals surface area (Å²) in [5.74, 6) is 0.487. The van der Waals surface area contributed by atoms with Crippen LogP contribution in [-0.2, 0) is 11.2 Å². The Balaban J connectivity index is 1.45. The van der Waals surface area contributed by atoms with Gasteiger partial charge in [0.05, 0.1) is 5.56 Å². The van der Waals surface area contributed by atoms with Crippen molar-refractivity contribution in [2.45, 2.75) is 46.5 Å². The summed E-state index contributed by atoms with van der Waals surface area (Å²) < 4.78 is 5.41. The number of nitrogens with one attached hydrogen (secondary N) is 3. The van der Waals surface area contributed by atoms with Crippen molar-refractivity contribution in [2.75, 3.05) is 48.4 Å². The number of benzene rings is 3. The highest BCUT2D eigenvalue weighted by atomic mass is 16.5. The van der Waals surface area contributed by atoms with E-state index in [1.165, 1.54) is 5.56 Å². The summed E-state index contributed by atoms with van der Waals surface area (Å²) in [6.45, 7) is 9.53. The minimum absolute atomic E-state index is 0.142. The summed E-state index contributed by atoms with van der Waals surface area (Å²) in [6.07, 6.45) is 3.97.